The van der Waals surface area contributed by atoms with E-state index in [-0.39, 0.29) is 18.2 Å². The van der Waals surface area contributed by atoms with Crippen LogP contribution < -0.4 is 9.62 Å². The fourth-order valence-corrected chi connectivity index (χ4v) is 3.60. The highest BCUT2D eigenvalue weighted by molar-refractivity contribution is 7.89. The summed E-state index contributed by atoms with van der Waals surface area (Å²) >= 11 is 0. The van der Waals surface area contributed by atoms with Crippen molar-refractivity contribution in [1.82, 2.24) is 4.72 Å². The van der Waals surface area contributed by atoms with E-state index in [0.717, 1.165) is 16.8 Å². The Kier molecular flexibility index (Phi) is 6.73. The number of benzene rings is 2. The van der Waals surface area contributed by atoms with Crippen LogP contribution >= 0.6 is 0 Å². The zero-order valence-electron chi connectivity index (χ0n) is 14.6. The molecule has 134 valence electrons. The molecule has 0 unspecified atom stereocenters. The number of amides is 1. The summed E-state index contributed by atoms with van der Waals surface area (Å²) in [4.78, 5) is 13.4. The molecule has 6 heteroatoms. The maximum atomic E-state index is 12.1. The van der Waals surface area contributed by atoms with Crippen LogP contribution in [-0.2, 0) is 21.2 Å². The summed E-state index contributed by atoms with van der Waals surface area (Å²) in [6, 6.07) is 17.1. The summed E-state index contributed by atoms with van der Waals surface area (Å²) in [7, 11) is -3.38. The summed E-state index contributed by atoms with van der Waals surface area (Å²) in [5.74, 6) is -0.0873. The first-order chi connectivity index (χ1) is 11.9. The van der Waals surface area contributed by atoms with Crippen molar-refractivity contribution in [1.29, 1.82) is 0 Å². The third kappa shape index (κ3) is 6.32. The molecule has 0 saturated carbocycles. The van der Waals surface area contributed by atoms with Gasteiger partial charge < -0.3 is 4.90 Å². The number of rotatable bonds is 8. The van der Waals surface area contributed by atoms with Gasteiger partial charge in [0.15, 0.2) is 0 Å². The number of anilines is 1. The molecule has 25 heavy (non-hydrogen) atoms. The maximum absolute atomic E-state index is 12.1. The lowest BCUT2D eigenvalue weighted by Gasteiger charge is -2.21. The molecule has 0 bridgehead atoms. The van der Waals surface area contributed by atoms with Crippen LogP contribution in [0.25, 0.3) is 0 Å². The van der Waals surface area contributed by atoms with E-state index >= 15 is 0 Å². The third-order valence-corrected chi connectivity index (χ3v) is 5.24. The number of carbonyl (C=O) groups excluding carboxylic acids is 1. The highest BCUT2D eigenvalue weighted by Gasteiger charge is 2.14. The van der Waals surface area contributed by atoms with E-state index in [9.17, 15) is 13.2 Å². The van der Waals surface area contributed by atoms with Crippen LogP contribution in [0.1, 0.15) is 18.1 Å². The Balaban J connectivity index is 1.89. The molecule has 0 aromatic heterocycles. The summed E-state index contributed by atoms with van der Waals surface area (Å²) in [5, 5.41) is 0. The molecule has 0 fully saturated rings. The van der Waals surface area contributed by atoms with Crippen LogP contribution in [0.3, 0.4) is 0 Å². The molecule has 1 amide bonds. The maximum Gasteiger partial charge on any atom is 0.223 e. The number of hydrogen-bond acceptors (Lipinski definition) is 3. The third-order valence-electron chi connectivity index (χ3n) is 3.85. The molecule has 5 nitrogen and oxygen atoms in total. The lowest BCUT2D eigenvalue weighted by atomic mass is 10.2. The second-order valence-electron chi connectivity index (χ2n) is 5.96. The average molecular weight is 360 g/mol. The second kappa shape index (κ2) is 8.78. The Labute approximate surface area is 149 Å². The van der Waals surface area contributed by atoms with Gasteiger partial charge in [-0.25, -0.2) is 13.1 Å². The van der Waals surface area contributed by atoms with E-state index in [1.54, 1.807) is 4.90 Å². The minimum absolute atomic E-state index is 0.0293. The summed E-state index contributed by atoms with van der Waals surface area (Å²) in [5.41, 5.74) is 2.81. The molecule has 0 aliphatic rings. The minimum Gasteiger partial charge on any atom is -0.311 e. The van der Waals surface area contributed by atoms with E-state index in [1.807, 2.05) is 61.5 Å². The van der Waals surface area contributed by atoms with Crippen LogP contribution in [0.15, 0.2) is 54.6 Å². The zero-order chi connectivity index (χ0) is 18.3. The molecule has 0 saturated heterocycles. The molecule has 0 spiro atoms. The number of sulfonamides is 1. The van der Waals surface area contributed by atoms with Crippen molar-refractivity contribution in [2.24, 2.45) is 0 Å². The Morgan fingerprint density at radius 2 is 1.80 bits per heavy atom. The second-order valence-corrected chi connectivity index (χ2v) is 7.88. The number of nitrogens with one attached hydrogen (secondary N) is 1. The van der Waals surface area contributed by atoms with E-state index in [2.05, 4.69) is 4.72 Å². The Bertz CT molecular complexity index is 804. The van der Waals surface area contributed by atoms with Gasteiger partial charge in [-0.3, -0.25) is 4.79 Å². The standard InChI is InChI=1S/C19H24N2O3S/c1-16-7-6-10-19(15-16)21(17(2)22)13-12-20-25(23,24)14-11-18-8-4-3-5-9-18/h3-10,15,20H,11-14H2,1-2H3. The van der Waals surface area contributed by atoms with Gasteiger partial charge in [0.2, 0.25) is 15.9 Å². The predicted molar refractivity (Wildman–Crippen MR) is 101 cm³/mol. The van der Waals surface area contributed by atoms with E-state index in [4.69, 9.17) is 0 Å². The van der Waals surface area contributed by atoms with Gasteiger partial charge >= 0.3 is 0 Å². The van der Waals surface area contributed by atoms with E-state index < -0.39 is 10.0 Å². The van der Waals surface area contributed by atoms with Crippen LogP contribution in [0.4, 0.5) is 5.69 Å². The summed E-state index contributed by atoms with van der Waals surface area (Å²) in [6.07, 6.45) is 0.463. The molecular formula is C19H24N2O3S. The zero-order valence-corrected chi connectivity index (χ0v) is 15.4. The molecule has 2 aromatic carbocycles. The van der Waals surface area contributed by atoms with E-state index in [1.165, 1.54) is 6.92 Å². The fraction of sp³-hybridized carbons (Fsp3) is 0.316. The quantitative estimate of drug-likeness (QED) is 0.787. The monoisotopic (exact) mass is 360 g/mol. The highest BCUT2D eigenvalue weighted by atomic mass is 32.2. The first-order valence-corrected chi connectivity index (χ1v) is 9.89. The normalized spacial score (nSPS) is 11.3. The minimum atomic E-state index is -3.38. The van der Waals surface area contributed by atoms with Crippen molar-refractivity contribution in [2.45, 2.75) is 20.3 Å². The topological polar surface area (TPSA) is 66.5 Å². The fourth-order valence-electron chi connectivity index (χ4n) is 2.55. The molecule has 2 aromatic rings. The van der Waals surface area contributed by atoms with Gasteiger partial charge in [0.05, 0.1) is 5.75 Å². The molecule has 0 aliphatic carbocycles. The van der Waals surface area contributed by atoms with Crippen molar-refractivity contribution >= 4 is 21.6 Å². The predicted octanol–water partition coefficient (Wildman–Crippen LogP) is 2.51. The van der Waals surface area contributed by atoms with Crippen molar-refractivity contribution in [3.8, 4) is 0 Å². The van der Waals surface area contributed by atoms with Crippen molar-refractivity contribution in [2.75, 3.05) is 23.7 Å². The van der Waals surface area contributed by atoms with E-state index in [0.29, 0.717) is 13.0 Å². The van der Waals surface area contributed by atoms with Gasteiger partial charge in [-0.15, -0.1) is 0 Å². The Morgan fingerprint density at radius 3 is 2.44 bits per heavy atom. The van der Waals surface area contributed by atoms with Gasteiger partial charge in [-0.1, -0.05) is 42.5 Å². The van der Waals surface area contributed by atoms with Crippen LogP contribution in [-0.4, -0.2) is 33.2 Å². The first kappa shape index (κ1) is 19.1. The largest absolute Gasteiger partial charge is 0.311 e. The molecule has 0 radical (unpaired) electrons. The molecule has 0 atom stereocenters. The Morgan fingerprint density at radius 1 is 1.08 bits per heavy atom. The SMILES string of the molecule is CC(=O)N(CCNS(=O)(=O)CCc1ccccc1)c1cccc(C)c1. The molecular weight excluding hydrogens is 336 g/mol. The smallest absolute Gasteiger partial charge is 0.223 e. The number of nitrogens with zero attached hydrogens (tertiary/aromatic N) is 1. The lowest BCUT2D eigenvalue weighted by molar-refractivity contribution is -0.116. The van der Waals surface area contributed by atoms with Gasteiger partial charge in [0.1, 0.15) is 0 Å². The van der Waals surface area contributed by atoms with Gasteiger partial charge in [0, 0.05) is 25.7 Å². The van der Waals surface area contributed by atoms with Crippen LogP contribution in [0.5, 0.6) is 0 Å². The van der Waals surface area contributed by atoms with Crippen molar-refractivity contribution < 1.29 is 13.2 Å². The Hall–Kier alpha value is -2.18. The lowest BCUT2D eigenvalue weighted by Crippen LogP contribution is -2.38. The number of hydrogen-bond donors (Lipinski definition) is 1. The van der Waals surface area contributed by atoms with Gasteiger partial charge in [-0.2, -0.15) is 0 Å². The number of aryl methyl sites for hydroxylation is 2. The highest BCUT2D eigenvalue weighted by Crippen LogP contribution is 2.15. The molecule has 0 heterocycles. The molecule has 1 N–H and O–H groups in total. The van der Waals surface area contributed by atoms with Crippen LogP contribution in [0, 0.1) is 6.92 Å². The summed E-state index contributed by atoms with van der Waals surface area (Å²) in [6.45, 7) is 3.91. The first-order valence-electron chi connectivity index (χ1n) is 8.23. The molecule has 0 aliphatic heterocycles. The average Bonchev–Trinajstić information content (AvgIpc) is 2.57. The molecule has 2 rings (SSSR count). The van der Waals surface area contributed by atoms with Crippen molar-refractivity contribution in [3.05, 3.63) is 65.7 Å². The number of carbonyl (C=O) groups is 1. The van der Waals surface area contributed by atoms with Gasteiger partial charge in [-0.05, 0) is 36.6 Å². The van der Waals surface area contributed by atoms with Crippen molar-refractivity contribution in [3.63, 3.8) is 0 Å². The summed E-state index contributed by atoms with van der Waals surface area (Å²) < 4.78 is 26.8. The van der Waals surface area contributed by atoms with Crippen LogP contribution in [0.2, 0.25) is 0 Å². The van der Waals surface area contributed by atoms with Gasteiger partial charge in [0.25, 0.3) is 0 Å².